The van der Waals surface area contributed by atoms with Crippen molar-refractivity contribution in [2.45, 2.75) is 76.9 Å². The van der Waals surface area contributed by atoms with Gasteiger partial charge in [-0.25, -0.2) is 0 Å². The van der Waals surface area contributed by atoms with E-state index in [2.05, 4.69) is 0 Å². The highest BCUT2D eigenvalue weighted by Gasteiger charge is 2.75. The molecule has 3 fully saturated rings. The van der Waals surface area contributed by atoms with E-state index in [1.54, 1.807) is 0 Å². The summed E-state index contributed by atoms with van der Waals surface area (Å²) in [6, 6.07) is 0. The van der Waals surface area contributed by atoms with Gasteiger partial charge in [0.1, 0.15) is 17.8 Å². The zero-order chi connectivity index (χ0) is 15.5. The Morgan fingerprint density at radius 1 is 1.24 bits per heavy atom. The summed E-state index contributed by atoms with van der Waals surface area (Å²) >= 11 is 0. The van der Waals surface area contributed by atoms with Crippen LogP contribution in [-0.2, 0) is 14.3 Å². The lowest BCUT2D eigenvalue weighted by Gasteiger charge is -2.54. The standard InChI is InChI=1S/C17H26O4/c1-11(18)9-14(19)21-17-8-4-7-16(17,15(2,3)20)12-5-6-13(17)10-12/h12-13,20H,4-10H2,1-3H3. The van der Waals surface area contributed by atoms with Crippen LogP contribution in [0.3, 0.4) is 0 Å². The predicted octanol–water partition coefficient (Wildman–Crippen LogP) is 2.62. The maximum Gasteiger partial charge on any atom is 0.313 e. The molecule has 3 saturated carbocycles. The van der Waals surface area contributed by atoms with Crippen molar-refractivity contribution in [1.82, 2.24) is 0 Å². The Kier molecular flexibility index (Phi) is 3.25. The number of rotatable bonds is 4. The van der Waals surface area contributed by atoms with Crippen LogP contribution >= 0.6 is 0 Å². The first-order chi connectivity index (χ1) is 9.73. The fourth-order valence-electron chi connectivity index (χ4n) is 6.03. The Hall–Kier alpha value is -0.900. The topological polar surface area (TPSA) is 63.6 Å². The Balaban J connectivity index is 1.97. The molecule has 0 aromatic heterocycles. The number of hydrogen-bond acceptors (Lipinski definition) is 4. The van der Waals surface area contributed by atoms with Gasteiger partial charge in [0.25, 0.3) is 0 Å². The average Bonchev–Trinajstić information content (AvgIpc) is 2.94. The molecule has 0 saturated heterocycles. The van der Waals surface area contributed by atoms with Crippen LogP contribution < -0.4 is 0 Å². The molecule has 2 bridgehead atoms. The normalized spacial score (nSPS) is 41.1. The third-order valence-corrected chi connectivity index (χ3v) is 6.44. The molecule has 4 heteroatoms. The van der Waals surface area contributed by atoms with Gasteiger partial charge in [-0.1, -0.05) is 0 Å². The van der Waals surface area contributed by atoms with Crippen LogP contribution in [0.15, 0.2) is 0 Å². The molecule has 0 aromatic rings. The molecule has 4 unspecified atom stereocenters. The number of Topliss-reactive ketones (excluding diaryl/α,β-unsaturated/α-hetero) is 1. The Morgan fingerprint density at radius 2 is 1.90 bits per heavy atom. The first-order valence-corrected chi connectivity index (χ1v) is 8.16. The van der Waals surface area contributed by atoms with Crippen molar-refractivity contribution in [3.8, 4) is 0 Å². The van der Waals surface area contributed by atoms with E-state index in [4.69, 9.17) is 4.74 Å². The lowest BCUT2D eigenvalue weighted by molar-refractivity contribution is -0.217. The van der Waals surface area contributed by atoms with E-state index in [1.165, 1.54) is 6.92 Å². The molecule has 0 spiro atoms. The highest BCUT2D eigenvalue weighted by Crippen LogP contribution is 2.73. The molecule has 3 rings (SSSR count). The van der Waals surface area contributed by atoms with Gasteiger partial charge in [0.2, 0.25) is 0 Å². The average molecular weight is 294 g/mol. The number of ether oxygens (including phenoxy) is 1. The van der Waals surface area contributed by atoms with Crippen LogP contribution in [-0.4, -0.2) is 28.1 Å². The smallest absolute Gasteiger partial charge is 0.313 e. The van der Waals surface area contributed by atoms with E-state index >= 15 is 0 Å². The number of hydrogen-bond donors (Lipinski definition) is 1. The number of esters is 1. The number of carbonyl (C=O) groups excluding carboxylic acids is 2. The molecular formula is C17H26O4. The largest absolute Gasteiger partial charge is 0.458 e. The zero-order valence-corrected chi connectivity index (χ0v) is 13.3. The van der Waals surface area contributed by atoms with Crippen LogP contribution in [0.5, 0.6) is 0 Å². The van der Waals surface area contributed by atoms with Crippen molar-refractivity contribution in [2.24, 2.45) is 17.3 Å². The van der Waals surface area contributed by atoms with Crippen LogP contribution in [0.1, 0.15) is 65.7 Å². The SMILES string of the molecule is CC(=O)CC(=O)OC12CCCC1(C(C)(C)O)C1CCC2C1. The van der Waals surface area contributed by atoms with Gasteiger partial charge in [-0.15, -0.1) is 0 Å². The van der Waals surface area contributed by atoms with Gasteiger partial charge in [0, 0.05) is 5.41 Å². The summed E-state index contributed by atoms with van der Waals surface area (Å²) in [4.78, 5) is 23.4. The van der Waals surface area contributed by atoms with Gasteiger partial charge in [-0.05, 0) is 71.1 Å². The minimum absolute atomic E-state index is 0.152. The van der Waals surface area contributed by atoms with Gasteiger partial charge in [0.05, 0.1) is 5.60 Å². The second-order valence-corrected chi connectivity index (χ2v) is 7.83. The molecule has 0 amide bonds. The van der Waals surface area contributed by atoms with Crippen molar-refractivity contribution in [3.05, 3.63) is 0 Å². The van der Waals surface area contributed by atoms with E-state index in [9.17, 15) is 14.7 Å². The second-order valence-electron chi connectivity index (χ2n) is 7.83. The highest BCUT2D eigenvalue weighted by molar-refractivity contribution is 5.94. The zero-order valence-electron chi connectivity index (χ0n) is 13.3. The fourth-order valence-corrected chi connectivity index (χ4v) is 6.03. The van der Waals surface area contributed by atoms with Gasteiger partial charge >= 0.3 is 5.97 Å². The summed E-state index contributed by atoms with van der Waals surface area (Å²) in [5, 5.41) is 10.9. The third kappa shape index (κ3) is 1.84. The predicted molar refractivity (Wildman–Crippen MR) is 77.5 cm³/mol. The summed E-state index contributed by atoms with van der Waals surface area (Å²) in [6.07, 6.45) is 5.85. The summed E-state index contributed by atoms with van der Waals surface area (Å²) < 4.78 is 5.98. The quantitative estimate of drug-likeness (QED) is 0.639. The molecule has 3 aliphatic carbocycles. The maximum absolute atomic E-state index is 12.2. The van der Waals surface area contributed by atoms with E-state index in [0.717, 1.165) is 38.5 Å². The van der Waals surface area contributed by atoms with E-state index < -0.39 is 17.2 Å². The third-order valence-electron chi connectivity index (χ3n) is 6.44. The van der Waals surface area contributed by atoms with Crippen molar-refractivity contribution < 1.29 is 19.4 Å². The molecule has 0 aromatic carbocycles. The van der Waals surface area contributed by atoms with Gasteiger partial charge in [-0.2, -0.15) is 0 Å². The minimum atomic E-state index is -0.861. The number of aliphatic hydroxyl groups is 1. The lowest BCUT2D eigenvalue weighted by Crippen LogP contribution is -2.61. The second kappa shape index (κ2) is 4.55. The van der Waals surface area contributed by atoms with Crippen molar-refractivity contribution >= 4 is 11.8 Å². The maximum atomic E-state index is 12.2. The monoisotopic (exact) mass is 294 g/mol. The molecule has 0 radical (unpaired) electrons. The molecule has 118 valence electrons. The van der Waals surface area contributed by atoms with E-state index in [0.29, 0.717) is 11.8 Å². The van der Waals surface area contributed by atoms with Crippen molar-refractivity contribution in [2.75, 3.05) is 0 Å². The van der Waals surface area contributed by atoms with E-state index in [-0.39, 0.29) is 17.6 Å². The van der Waals surface area contributed by atoms with Gasteiger partial charge in [-0.3, -0.25) is 9.59 Å². The van der Waals surface area contributed by atoms with Crippen molar-refractivity contribution in [1.29, 1.82) is 0 Å². The first-order valence-electron chi connectivity index (χ1n) is 8.16. The van der Waals surface area contributed by atoms with Gasteiger partial charge in [0.15, 0.2) is 0 Å². The van der Waals surface area contributed by atoms with Gasteiger partial charge < -0.3 is 9.84 Å². The number of ketones is 1. The molecule has 21 heavy (non-hydrogen) atoms. The van der Waals surface area contributed by atoms with Crippen LogP contribution in [0.4, 0.5) is 0 Å². The summed E-state index contributed by atoms with van der Waals surface area (Å²) in [5.41, 5.74) is -1.73. The number of fused-ring (bicyclic) bond motifs is 5. The fraction of sp³-hybridized carbons (Fsp3) is 0.882. The summed E-state index contributed by atoms with van der Waals surface area (Å²) in [5.74, 6) is 0.222. The molecule has 1 N–H and O–H groups in total. The Bertz CT molecular complexity index is 478. The lowest BCUT2D eigenvalue weighted by atomic mass is 9.57. The van der Waals surface area contributed by atoms with Crippen LogP contribution in [0.2, 0.25) is 0 Å². The molecular weight excluding hydrogens is 268 g/mol. The Morgan fingerprint density at radius 3 is 2.52 bits per heavy atom. The van der Waals surface area contributed by atoms with Crippen molar-refractivity contribution in [3.63, 3.8) is 0 Å². The minimum Gasteiger partial charge on any atom is -0.458 e. The highest BCUT2D eigenvalue weighted by atomic mass is 16.6. The van der Waals surface area contributed by atoms with Crippen LogP contribution in [0, 0.1) is 17.3 Å². The molecule has 4 nitrogen and oxygen atoms in total. The summed E-state index contributed by atoms with van der Waals surface area (Å²) in [7, 11) is 0. The summed E-state index contributed by atoms with van der Waals surface area (Å²) in [6.45, 7) is 5.15. The number of carbonyl (C=O) groups is 2. The molecule has 3 aliphatic rings. The van der Waals surface area contributed by atoms with E-state index in [1.807, 2.05) is 13.8 Å². The molecule has 4 atom stereocenters. The molecule has 0 heterocycles. The van der Waals surface area contributed by atoms with Crippen LogP contribution in [0.25, 0.3) is 0 Å². The first kappa shape index (κ1) is 15.0. The Labute approximate surface area is 126 Å². The molecule has 0 aliphatic heterocycles.